The van der Waals surface area contributed by atoms with Gasteiger partial charge in [-0.05, 0) is 46.2 Å². The summed E-state index contributed by atoms with van der Waals surface area (Å²) in [7, 11) is 1.80. The van der Waals surface area contributed by atoms with Gasteiger partial charge in [-0.15, -0.1) is 0 Å². The molecule has 156 valence electrons. The molecule has 2 aliphatic heterocycles. The largest absolute Gasteiger partial charge is 0.379 e. The Morgan fingerprint density at radius 3 is 2.67 bits per heavy atom. The number of nitrogens with two attached hydrogens (primary N) is 1. The summed E-state index contributed by atoms with van der Waals surface area (Å²) >= 11 is 0. The molecule has 1 amide bonds. The summed E-state index contributed by atoms with van der Waals surface area (Å²) in [6.45, 7) is 12.6. The number of rotatable bonds is 8. The number of hydrogen-bond donors (Lipinski definition) is 3. The van der Waals surface area contributed by atoms with E-state index in [1.54, 1.807) is 7.05 Å². The Morgan fingerprint density at radius 2 is 2.00 bits per heavy atom. The van der Waals surface area contributed by atoms with Gasteiger partial charge >= 0.3 is 0 Å². The molecular weight excluding hydrogens is 344 g/mol. The number of nitrogens with zero attached hydrogens (tertiary/aromatic N) is 3. The molecule has 0 aromatic rings. The van der Waals surface area contributed by atoms with Crippen LogP contribution in [0, 0.1) is 5.92 Å². The molecule has 2 aliphatic rings. The minimum atomic E-state index is -0.162. The first-order valence-corrected chi connectivity index (χ1v) is 10.2. The monoisotopic (exact) mass is 382 g/mol. The maximum atomic E-state index is 11.4. The zero-order valence-corrected chi connectivity index (χ0v) is 17.3. The summed E-state index contributed by atoms with van der Waals surface area (Å²) in [6, 6.07) is 0. The number of ether oxygens (including phenoxy) is 1. The summed E-state index contributed by atoms with van der Waals surface area (Å²) in [6.07, 6.45) is 3.00. The number of primary amides is 1. The minimum absolute atomic E-state index is 0.0172. The van der Waals surface area contributed by atoms with Gasteiger partial charge in [0.25, 0.3) is 0 Å². The molecule has 27 heavy (non-hydrogen) atoms. The van der Waals surface area contributed by atoms with Crippen molar-refractivity contribution in [2.45, 2.75) is 38.6 Å². The fourth-order valence-electron chi connectivity index (χ4n) is 3.80. The van der Waals surface area contributed by atoms with Crippen LogP contribution in [0.3, 0.4) is 0 Å². The predicted octanol–water partition coefficient (Wildman–Crippen LogP) is -0.150. The van der Waals surface area contributed by atoms with Crippen molar-refractivity contribution in [3.8, 4) is 0 Å². The first kappa shape index (κ1) is 21.9. The number of nitrogens with one attached hydrogen (secondary N) is 2. The molecule has 0 bridgehead atoms. The van der Waals surface area contributed by atoms with Gasteiger partial charge in [0.15, 0.2) is 5.96 Å². The number of amides is 1. The fourth-order valence-corrected chi connectivity index (χ4v) is 3.80. The van der Waals surface area contributed by atoms with Crippen LogP contribution in [-0.4, -0.2) is 93.3 Å². The van der Waals surface area contributed by atoms with Crippen LogP contribution < -0.4 is 16.4 Å². The lowest BCUT2D eigenvalue weighted by atomic mass is 9.97. The number of carbonyl (C=O) groups excluding carboxylic acids is 1. The Hall–Kier alpha value is -1.38. The molecule has 0 spiro atoms. The van der Waals surface area contributed by atoms with E-state index in [1.807, 2.05) is 0 Å². The molecule has 1 atom stereocenters. The van der Waals surface area contributed by atoms with Crippen molar-refractivity contribution in [1.29, 1.82) is 0 Å². The number of carbonyl (C=O) groups is 1. The first-order valence-electron chi connectivity index (χ1n) is 10.2. The Labute approximate surface area is 163 Å². The van der Waals surface area contributed by atoms with Crippen LogP contribution in [0.5, 0.6) is 0 Å². The molecule has 2 rings (SSSR count). The van der Waals surface area contributed by atoms with Crippen LogP contribution in [0.15, 0.2) is 4.99 Å². The summed E-state index contributed by atoms with van der Waals surface area (Å²) in [5.41, 5.74) is 5.51. The number of guanidine groups is 1. The second-order valence-electron chi connectivity index (χ2n) is 8.16. The van der Waals surface area contributed by atoms with E-state index >= 15 is 0 Å². The van der Waals surface area contributed by atoms with Gasteiger partial charge in [0.1, 0.15) is 0 Å². The predicted molar refractivity (Wildman–Crippen MR) is 109 cm³/mol. The van der Waals surface area contributed by atoms with Crippen molar-refractivity contribution in [1.82, 2.24) is 20.4 Å². The molecule has 2 heterocycles. The maximum Gasteiger partial charge on any atom is 0.221 e. The topological polar surface area (TPSA) is 95.2 Å². The third-order valence-electron chi connectivity index (χ3n) is 5.63. The quantitative estimate of drug-likeness (QED) is 0.307. The average molecular weight is 383 g/mol. The van der Waals surface area contributed by atoms with Crippen LogP contribution >= 0.6 is 0 Å². The van der Waals surface area contributed by atoms with Crippen LogP contribution in [0.1, 0.15) is 33.1 Å². The van der Waals surface area contributed by atoms with Crippen molar-refractivity contribution in [3.63, 3.8) is 0 Å². The van der Waals surface area contributed by atoms with Crippen LogP contribution in [-0.2, 0) is 9.53 Å². The highest BCUT2D eigenvalue weighted by molar-refractivity contribution is 5.79. The lowest BCUT2D eigenvalue weighted by Gasteiger charge is -2.41. The molecule has 8 heteroatoms. The second kappa shape index (κ2) is 10.8. The summed E-state index contributed by atoms with van der Waals surface area (Å²) < 4.78 is 5.45. The number of likely N-dealkylation sites (tertiary alicyclic amines) is 1. The summed E-state index contributed by atoms with van der Waals surface area (Å²) in [4.78, 5) is 20.5. The van der Waals surface area contributed by atoms with E-state index in [9.17, 15) is 4.79 Å². The molecule has 0 aromatic heterocycles. The van der Waals surface area contributed by atoms with E-state index in [4.69, 9.17) is 10.5 Å². The van der Waals surface area contributed by atoms with Gasteiger partial charge in [-0.3, -0.25) is 14.7 Å². The average Bonchev–Trinajstić information content (AvgIpc) is 2.68. The van der Waals surface area contributed by atoms with E-state index in [0.29, 0.717) is 0 Å². The van der Waals surface area contributed by atoms with E-state index in [2.05, 4.69) is 39.3 Å². The van der Waals surface area contributed by atoms with Gasteiger partial charge in [-0.1, -0.05) is 0 Å². The number of aliphatic imine (C=N–C) groups is 1. The zero-order chi connectivity index (χ0) is 19.7. The smallest absolute Gasteiger partial charge is 0.221 e. The highest BCUT2D eigenvalue weighted by Crippen LogP contribution is 2.16. The number of morpholine rings is 1. The van der Waals surface area contributed by atoms with Crippen molar-refractivity contribution in [2.75, 3.05) is 66.1 Å². The molecule has 8 nitrogen and oxygen atoms in total. The minimum Gasteiger partial charge on any atom is -0.379 e. The number of piperidine rings is 1. The highest BCUT2D eigenvalue weighted by atomic mass is 16.5. The maximum absolute atomic E-state index is 11.4. The van der Waals surface area contributed by atoms with Gasteiger partial charge in [-0.2, -0.15) is 0 Å². The van der Waals surface area contributed by atoms with Gasteiger partial charge in [-0.25, -0.2) is 0 Å². The molecule has 0 aromatic carbocycles. The SMILES string of the molecule is CN=C(NCCCN1CCCC(C(N)=O)C1)NCC(C)(C)N1CCOCC1. The molecule has 4 N–H and O–H groups in total. The lowest BCUT2D eigenvalue weighted by molar-refractivity contribution is -0.123. The van der Waals surface area contributed by atoms with E-state index in [-0.39, 0.29) is 17.4 Å². The van der Waals surface area contributed by atoms with Gasteiger partial charge in [0.2, 0.25) is 5.91 Å². The molecule has 1 unspecified atom stereocenters. The normalized spacial score (nSPS) is 23.2. The van der Waals surface area contributed by atoms with Crippen molar-refractivity contribution < 1.29 is 9.53 Å². The van der Waals surface area contributed by atoms with Crippen molar-refractivity contribution >= 4 is 11.9 Å². The van der Waals surface area contributed by atoms with Gasteiger partial charge < -0.3 is 26.0 Å². The first-order chi connectivity index (χ1) is 12.9. The highest BCUT2D eigenvalue weighted by Gasteiger charge is 2.28. The van der Waals surface area contributed by atoms with Gasteiger partial charge in [0, 0.05) is 45.3 Å². The van der Waals surface area contributed by atoms with Crippen molar-refractivity contribution in [2.24, 2.45) is 16.6 Å². The van der Waals surface area contributed by atoms with Crippen molar-refractivity contribution in [3.05, 3.63) is 0 Å². The Bertz CT molecular complexity index is 491. The Balaban J connectivity index is 1.64. The standard InChI is InChI=1S/C19H38N6O2/c1-19(2,25-10-12-27-13-11-25)15-23-18(21-3)22-7-5-9-24-8-4-6-16(14-24)17(20)26/h16H,4-15H2,1-3H3,(H2,20,26)(H2,21,22,23). The molecular formula is C19H38N6O2. The molecule has 2 fully saturated rings. The Kier molecular flexibility index (Phi) is 8.79. The van der Waals surface area contributed by atoms with Crippen LogP contribution in [0.25, 0.3) is 0 Å². The lowest BCUT2D eigenvalue weighted by Crippen LogP contribution is -2.56. The third-order valence-corrected chi connectivity index (χ3v) is 5.63. The van der Waals surface area contributed by atoms with E-state index in [1.165, 1.54) is 0 Å². The van der Waals surface area contributed by atoms with Gasteiger partial charge in [0.05, 0.1) is 19.1 Å². The second-order valence-corrected chi connectivity index (χ2v) is 8.16. The molecule has 0 saturated carbocycles. The molecule has 0 radical (unpaired) electrons. The number of hydrogen-bond acceptors (Lipinski definition) is 5. The van der Waals surface area contributed by atoms with E-state index in [0.717, 1.165) is 84.2 Å². The summed E-state index contributed by atoms with van der Waals surface area (Å²) in [5, 5.41) is 6.84. The Morgan fingerprint density at radius 1 is 1.26 bits per heavy atom. The van der Waals surface area contributed by atoms with E-state index < -0.39 is 0 Å². The third kappa shape index (κ3) is 7.27. The molecule has 0 aliphatic carbocycles. The zero-order valence-electron chi connectivity index (χ0n) is 17.3. The van der Waals surface area contributed by atoms with Crippen LogP contribution in [0.2, 0.25) is 0 Å². The molecule has 2 saturated heterocycles. The fraction of sp³-hybridized carbons (Fsp3) is 0.895. The summed E-state index contributed by atoms with van der Waals surface area (Å²) in [5.74, 6) is 0.693. The van der Waals surface area contributed by atoms with Crippen LogP contribution in [0.4, 0.5) is 0 Å².